The zero-order valence-corrected chi connectivity index (χ0v) is 11.1. The minimum Gasteiger partial charge on any atom is -0.545 e. The Morgan fingerprint density at radius 2 is 1.71 bits per heavy atom. The number of imide groups is 1. The van der Waals surface area contributed by atoms with E-state index in [2.05, 4.69) is 0 Å². The van der Waals surface area contributed by atoms with Gasteiger partial charge in [0.15, 0.2) is 0 Å². The third-order valence-electron chi connectivity index (χ3n) is 4.81. The minimum atomic E-state index is -1.32. The summed E-state index contributed by atoms with van der Waals surface area (Å²) in [4.78, 5) is 37.2. The van der Waals surface area contributed by atoms with Crippen molar-refractivity contribution in [3.05, 3.63) is 42.0 Å². The molecule has 1 saturated carbocycles. The molecule has 0 unspecified atom stereocenters. The molecular weight excluding hydrogens is 270 g/mol. The molecule has 0 N–H and O–H groups in total. The number of carboxylic acids is 1. The van der Waals surface area contributed by atoms with Crippen molar-refractivity contribution in [2.75, 3.05) is 4.90 Å². The number of carboxylic acid groups (broad SMARTS) is 1. The van der Waals surface area contributed by atoms with Crippen molar-refractivity contribution in [3.63, 3.8) is 0 Å². The maximum absolute atomic E-state index is 12.6. The molecule has 0 spiro atoms. The van der Waals surface area contributed by atoms with Gasteiger partial charge in [0.2, 0.25) is 11.8 Å². The Morgan fingerprint density at radius 1 is 1.10 bits per heavy atom. The third-order valence-corrected chi connectivity index (χ3v) is 4.81. The average molecular weight is 282 g/mol. The van der Waals surface area contributed by atoms with Crippen molar-refractivity contribution in [1.82, 2.24) is 0 Å². The molecule has 106 valence electrons. The predicted molar refractivity (Wildman–Crippen MR) is 71.0 cm³/mol. The fourth-order valence-corrected chi connectivity index (χ4v) is 3.93. The van der Waals surface area contributed by atoms with Gasteiger partial charge in [0.1, 0.15) is 0 Å². The number of nitrogens with zero attached hydrogens (tertiary/aromatic N) is 1. The van der Waals surface area contributed by atoms with Gasteiger partial charge in [0.05, 0.1) is 23.5 Å². The van der Waals surface area contributed by atoms with E-state index in [1.165, 1.54) is 18.2 Å². The molecule has 2 aliphatic carbocycles. The van der Waals surface area contributed by atoms with Crippen LogP contribution < -0.4 is 10.0 Å². The molecule has 4 rings (SSSR count). The van der Waals surface area contributed by atoms with Crippen molar-refractivity contribution in [2.45, 2.75) is 6.42 Å². The smallest absolute Gasteiger partial charge is 0.238 e. The van der Waals surface area contributed by atoms with Crippen LogP contribution in [0.3, 0.4) is 0 Å². The van der Waals surface area contributed by atoms with Gasteiger partial charge in [-0.2, -0.15) is 0 Å². The highest BCUT2D eigenvalue weighted by molar-refractivity contribution is 6.23. The number of rotatable bonds is 2. The molecule has 1 saturated heterocycles. The van der Waals surface area contributed by atoms with Gasteiger partial charge >= 0.3 is 0 Å². The van der Waals surface area contributed by atoms with Crippen LogP contribution in [0.15, 0.2) is 36.4 Å². The molecule has 5 nitrogen and oxygen atoms in total. The summed E-state index contributed by atoms with van der Waals surface area (Å²) >= 11 is 0. The second kappa shape index (κ2) is 4.04. The lowest BCUT2D eigenvalue weighted by Gasteiger charge is -2.18. The number of carbonyl (C=O) groups is 3. The van der Waals surface area contributed by atoms with E-state index >= 15 is 0 Å². The highest BCUT2D eigenvalue weighted by atomic mass is 16.4. The van der Waals surface area contributed by atoms with Crippen molar-refractivity contribution in [3.8, 4) is 0 Å². The lowest BCUT2D eigenvalue weighted by Crippen LogP contribution is -2.33. The van der Waals surface area contributed by atoms with Gasteiger partial charge < -0.3 is 9.90 Å². The zero-order valence-electron chi connectivity index (χ0n) is 11.1. The first-order valence-corrected chi connectivity index (χ1v) is 6.95. The first-order chi connectivity index (χ1) is 10.1. The van der Waals surface area contributed by atoms with Gasteiger partial charge in [-0.25, -0.2) is 4.90 Å². The Hall–Kier alpha value is -2.43. The number of aromatic carboxylic acids is 1. The molecule has 0 aromatic heterocycles. The Balaban J connectivity index is 1.74. The summed E-state index contributed by atoms with van der Waals surface area (Å²) in [5, 5.41) is 10.9. The van der Waals surface area contributed by atoms with Gasteiger partial charge in [-0.05, 0) is 36.0 Å². The van der Waals surface area contributed by atoms with Gasteiger partial charge in [0.25, 0.3) is 0 Å². The number of benzene rings is 1. The molecule has 2 fully saturated rings. The molecular formula is C16H12NO4-. The van der Waals surface area contributed by atoms with Crippen LogP contribution in [0.25, 0.3) is 0 Å². The molecule has 3 aliphatic rings. The van der Waals surface area contributed by atoms with Crippen LogP contribution in [0.1, 0.15) is 16.8 Å². The fourth-order valence-electron chi connectivity index (χ4n) is 3.93. The van der Waals surface area contributed by atoms with Crippen LogP contribution >= 0.6 is 0 Å². The predicted octanol–water partition coefficient (Wildman–Crippen LogP) is 0.362. The van der Waals surface area contributed by atoms with Crippen LogP contribution in [-0.4, -0.2) is 17.8 Å². The van der Waals surface area contributed by atoms with Crippen LogP contribution in [0.5, 0.6) is 0 Å². The molecule has 1 heterocycles. The Kier molecular flexibility index (Phi) is 2.37. The molecule has 4 atom stereocenters. The van der Waals surface area contributed by atoms with Crippen molar-refractivity contribution >= 4 is 23.5 Å². The SMILES string of the molecule is O=C([O-])c1cccc(N2C(=O)[C@@H]3[C@H](C2=O)[C@@H]2C=C[C@@H]3C2)c1. The molecule has 2 bridgehead atoms. The number of carbonyl (C=O) groups excluding carboxylic acids is 3. The molecule has 1 aromatic rings. The maximum Gasteiger partial charge on any atom is 0.238 e. The Labute approximate surface area is 120 Å². The molecule has 0 radical (unpaired) electrons. The number of anilines is 1. The van der Waals surface area contributed by atoms with Crippen LogP contribution in [0.2, 0.25) is 0 Å². The number of hydrogen-bond donors (Lipinski definition) is 0. The van der Waals surface area contributed by atoms with Crippen LogP contribution in [-0.2, 0) is 9.59 Å². The second-order valence-corrected chi connectivity index (χ2v) is 5.85. The maximum atomic E-state index is 12.6. The molecule has 1 aliphatic heterocycles. The lowest BCUT2D eigenvalue weighted by atomic mass is 9.85. The quantitative estimate of drug-likeness (QED) is 0.579. The minimum absolute atomic E-state index is 0.0359. The fraction of sp³-hybridized carbons (Fsp3) is 0.312. The summed E-state index contributed by atoms with van der Waals surface area (Å²) in [6.07, 6.45) is 4.93. The van der Waals surface area contributed by atoms with E-state index in [4.69, 9.17) is 0 Å². The zero-order chi connectivity index (χ0) is 14.7. The van der Waals surface area contributed by atoms with E-state index in [0.717, 1.165) is 11.3 Å². The third kappa shape index (κ3) is 1.54. The number of hydrogen-bond acceptors (Lipinski definition) is 4. The number of fused-ring (bicyclic) bond motifs is 5. The largest absolute Gasteiger partial charge is 0.545 e. The van der Waals surface area contributed by atoms with E-state index in [1.807, 2.05) is 12.2 Å². The summed E-state index contributed by atoms with van der Waals surface area (Å²) in [5.41, 5.74) is 0.284. The monoisotopic (exact) mass is 282 g/mol. The number of amides is 2. The summed E-state index contributed by atoms with van der Waals surface area (Å²) in [6, 6.07) is 5.80. The molecule has 5 heteroatoms. The summed E-state index contributed by atoms with van der Waals surface area (Å²) in [6.45, 7) is 0. The Bertz CT molecular complexity index is 678. The molecule has 21 heavy (non-hydrogen) atoms. The summed E-state index contributed by atoms with van der Waals surface area (Å²) in [5.74, 6) is -2.01. The van der Waals surface area contributed by atoms with E-state index in [1.54, 1.807) is 6.07 Å². The average Bonchev–Trinajstić information content (AvgIpc) is 3.13. The first-order valence-electron chi connectivity index (χ1n) is 6.95. The van der Waals surface area contributed by atoms with Crippen LogP contribution in [0.4, 0.5) is 5.69 Å². The van der Waals surface area contributed by atoms with Crippen molar-refractivity contribution in [1.29, 1.82) is 0 Å². The topological polar surface area (TPSA) is 77.5 Å². The second-order valence-electron chi connectivity index (χ2n) is 5.85. The highest BCUT2D eigenvalue weighted by Crippen LogP contribution is 2.53. The number of allylic oxidation sites excluding steroid dienone is 2. The van der Waals surface area contributed by atoms with Gasteiger partial charge in [-0.3, -0.25) is 9.59 Å². The standard InChI is InChI=1S/C16H13NO4/c18-14-12-8-4-5-9(6-8)13(12)15(19)17(14)11-3-1-2-10(7-11)16(20)21/h1-5,7-9,12-13H,6H2,(H,20,21)/p-1/t8-,9-,12-,13+/m1/s1. The summed E-state index contributed by atoms with van der Waals surface area (Å²) in [7, 11) is 0. The van der Waals surface area contributed by atoms with E-state index in [-0.39, 0.29) is 41.0 Å². The Morgan fingerprint density at radius 3 is 2.29 bits per heavy atom. The lowest BCUT2D eigenvalue weighted by molar-refractivity contribution is -0.255. The highest BCUT2D eigenvalue weighted by Gasteiger charge is 2.59. The molecule has 1 aromatic carbocycles. The first kappa shape index (κ1) is 12.3. The van der Waals surface area contributed by atoms with Crippen LogP contribution in [0, 0.1) is 23.7 Å². The summed E-state index contributed by atoms with van der Waals surface area (Å²) < 4.78 is 0. The normalized spacial score (nSPS) is 32.9. The molecule has 2 amide bonds. The van der Waals surface area contributed by atoms with Crippen molar-refractivity contribution in [2.24, 2.45) is 23.7 Å². The van der Waals surface area contributed by atoms with Crippen molar-refractivity contribution < 1.29 is 19.5 Å². The van der Waals surface area contributed by atoms with E-state index in [9.17, 15) is 19.5 Å². The van der Waals surface area contributed by atoms with E-state index in [0.29, 0.717) is 5.69 Å². The van der Waals surface area contributed by atoms with Gasteiger partial charge in [0, 0.05) is 0 Å². The van der Waals surface area contributed by atoms with E-state index < -0.39 is 5.97 Å². The van der Waals surface area contributed by atoms with Gasteiger partial charge in [-0.1, -0.05) is 24.3 Å². The van der Waals surface area contributed by atoms with Gasteiger partial charge in [-0.15, -0.1) is 0 Å².